The van der Waals surface area contributed by atoms with E-state index < -0.39 is 0 Å². The Labute approximate surface area is 128 Å². The van der Waals surface area contributed by atoms with Gasteiger partial charge in [0.25, 0.3) is 0 Å². The van der Waals surface area contributed by atoms with Crippen LogP contribution in [0.2, 0.25) is 0 Å². The lowest BCUT2D eigenvalue weighted by Gasteiger charge is -2.48. The normalized spacial score (nSPS) is 23.6. The van der Waals surface area contributed by atoms with Crippen molar-refractivity contribution in [3.63, 3.8) is 0 Å². The third-order valence-corrected chi connectivity index (χ3v) is 4.40. The molecule has 3 heteroatoms. The second-order valence-electron chi connectivity index (χ2n) is 7.39. The van der Waals surface area contributed by atoms with Crippen LogP contribution < -0.4 is 5.73 Å². The van der Waals surface area contributed by atoms with Crippen LogP contribution in [0.5, 0.6) is 0 Å². The molecule has 2 rings (SSSR count). The summed E-state index contributed by atoms with van der Waals surface area (Å²) in [5.74, 6) is 0.216. The molecule has 1 amide bonds. The summed E-state index contributed by atoms with van der Waals surface area (Å²) in [5, 5.41) is 0. The van der Waals surface area contributed by atoms with E-state index in [2.05, 4.69) is 53.7 Å². The van der Waals surface area contributed by atoms with Gasteiger partial charge in [-0.1, -0.05) is 17.7 Å². The third kappa shape index (κ3) is 2.98. The Balaban J connectivity index is 2.59. The summed E-state index contributed by atoms with van der Waals surface area (Å²) < 4.78 is 0. The Bertz CT molecular complexity index is 534. The summed E-state index contributed by atoms with van der Waals surface area (Å²) in [5.41, 5.74) is 11.2. The summed E-state index contributed by atoms with van der Waals surface area (Å²) in [6.45, 7) is 12.6. The van der Waals surface area contributed by atoms with Crippen molar-refractivity contribution in [1.82, 2.24) is 4.90 Å². The second-order valence-corrected chi connectivity index (χ2v) is 7.39. The lowest BCUT2D eigenvalue weighted by molar-refractivity contribution is -0.144. The highest BCUT2D eigenvalue weighted by Crippen LogP contribution is 2.39. The molecule has 1 aromatic carbocycles. The molecule has 2 N–H and O–H groups in total. The fourth-order valence-corrected chi connectivity index (χ4v) is 3.71. The molecule has 1 aromatic rings. The average molecular weight is 288 g/mol. The SMILES string of the molecule is Cc1cc(C)c(C2C(N)CCC(=O)N2C(C)(C)C)c(C)c1. The largest absolute Gasteiger partial charge is 0.329 e. The van der Waals surface area contributed by atoms with Gasteiger partial charge in [0.05, 0.1) is 6.04 Å². The van der Waals surface area contributed by atoms with Gasteiger partial charge in [-0.15, -0.1) is 0 Å². The predicted octanol–water partition coefficient (Wildman–Crippen LogP) is 3.40. The highest BCUT2D eigenvalue weighted by molar-refractivity contribution is 5.79. The van der Waals surface area contributed by atoms with Crippen LogP contribution in [-0.2, 0) is 4.79 Å². The molecular formula is C18H28N2O. The molecule has 1 saturated heterocycles. The molecule has 0 aromatic heterocycles. The molecular weight excluding hydrogens is 260 g/mol. The second kappa shape index (κ2) is 5.45. The van der Waals surface area contributed by atoms with Crippen LogP contribution in [0.1, 0.15) is 61.9 Å². The van der Waals surface area contributed by atoms with E-state index in [9.17, 15) is 4.79 Å². The van der Waals surface area contributed by atoms with Crippen molar-refractivity contribution in [1.29, 1.82) is 0 Å². The number of nitrogens with zero attached hydrogens (tertiary/aromatic N) is 1. The molecule has 0 bridgehead atoms. The van der Waals surface area contributed by atoms with Crippen LogP contribution in [0.25, 0.3) is 0 Å². The van der Waals surface area contributed by atoms with Gasteiger partial charge in [0.15, 0.2) is 0 Å². The van der Waals surface area contributed by atoms with E-state index in [0.29, 0.717) is 6.42 Å². The van der Waals surface area contributed by atoms with Gasteiger partial charge in [0, 0.05) is 18.0 Å². The molecule has 1 aliphatic heterocycles. The first-order valence-corrected chi connectivity index (χ1v) is 7.78. The predicted molar refractivity (Wildman–Crippen MR) is 87.2 cm³/mol. The van der Waals surface area contributed by atoms with Crippen LogP contribution in [0.15, 0.2) is 12.1 Å². The van der Waals surface area contributed by atoms with Gasteiger partial charge in [-0.2, -0.15) is 0 Å². The Morgan fingerprint density at radius 1 is 1.14 bits per heavy atom. The maximum atomic E-state index is 12.5. The first-order chi connectivity index (χ1) is 9.62. The molecule has 21 heavy (non-hydrogen) atoms. The first-order valence-electron chi connectivity index (χ1n) is 7.78. The van der Waals surface area contributed by atoms with E-state index in [0.717, 1.165) is 6.42 Å². The topological polar surface area (TPSA) is 46.3 Å². The van der Waals surface area contributed by atoms with Gasteiger partial charge < -0.3 is 10.6 Å². The van der Waals surface area contributed by atoms with Crippen molar-refractivity contribution in [3.05, 3.63) is 34.4 Å². The van der Waals surface area contributed by atoms with Crippen molar-refractivity contribution in [3.8, 4) is 0 Å². The van der Waals surface area contributed by atoms with Gasteiger partial charge in [-0.05, 0) is 64.7 Å². The number of rotatable bonds is 1. The number of likely N-dealkylation sites (tertiary alicyclic amines) is 1. The van der Waals surface area contributed by atoms with Crippen molar-refractivity contribution >= 4 is 5.91 Å². The molecule has 0 spiro atoms. The van der Waals surface area contributed by atoms with Crippen molar-refractivity contribution in [2.75, 3.05) is 0 Å². The summed E-state index contributed by atoms with van der Waals surface area (Å²) >= 11 is 0. The number of hydrogen-bond donors (Lipinski definition) is 1. The van der Waals surface area contributed by atoms with Crippen molar-refractivity contribution in [2.45, 2.75) is 72.0 Å². The average Bonchev–Trinajstić information content (AvgIpc) is 2.30. The minimum Gasteiger partial charge on any atom is -0.329 e. The number of hydrogen-bond acceptors (Lipinski definition) is 2. The Morgan fingerprint density at radius 2 is 1.67 bits per heavy atom. The summed E-state index contributed by atoms with van der Waals surface area (Å²) in [4.78, 5) is 14.5. The van der Waals surface area contributed by atoms with Crippen LogP contribution >= 0.6 is 0 Å². The number of piperidine rings is 1. The smallest absolute Gasteiger partial charge is 0.223 e. The minimum absolute atomic E-state index is 0.00188. The first kappa shape index (κ1) is 16.0. The maximum absolute atomic E-state index is 12.5. The number of aryl methyl sites for hydroxylation is 3. The Hall–Kier alpha value is -1.35. The summed E-state index contributed by atoms with van der Waals surface area (Å²) in [6, 6.07) is 4.36. The van der Waals surface area contributed by atoms with Crippen LogP contribution in [-0.4, -0.2) is 22.4 Å². The number of carbonyl (C=O) groups is 1. The van der Waals surface area contributed by atoms with Gasteiger partial charge in [-0.3, -0.25) is 4.79 Å². The van der Waals surface area contributed by atoms with E-state index in [1.807, 2.05) is 4.90 Å². The van der Waals surface area contributed by atoms with Crippen LogP contribution in [0.3, 0.4) is 0 Å². The minimum atomic E-state index is -0.219. The quantitative estimate of drug-likeness (QED) is 0.861. The van der Waals surface area contributed by atoms with Gasteiger partial charge in [0.2, 0.25) is 5.91 Å². The highest BCUT2D eigenvalue weighted by Gasteiger charge is 2.41. The molecule has 2 atom stereocenters. The Morgan fingerprint density at radius 3 is 2.14 bits per heavy atom. The molecule has 3 nitrogen and oxygen atoms in total. The van der Waals surface area contributed by atoms with E-state index >= 15 is 0 Å². The maximum Gasteiger partial charge on any atom is 0.223 e. The highest BCUT2D eigenvalue weighted by atomic mass is 16.2. The molecule has 0 aliphatic carbocycles. The zero-order valence-corrected chi connectivity index (χ0v) is 14.2. The monoisotopic (exact) mass is 288 g/mol. The number of amides is 1. The lowest BCUT2D eigenvalue weighted by Crippen LogP contribution is -2.56. The standard InChI is InChI=1S/C18H28N2O/c1-11-9-12(2)16(13(3)10-11)17-14(19)7-8-15(21)20(17)18(4,5)6/h9-10,14,17H,7-8,19H2,1-6H3. The molecule has 116 valence electrons. The zero-order valence-electron chi connectivity index (χ0n) is 14.2. The zero-order chi connectivity index (χ0) is 15.9. The van der Waals surface area contributed by atoms with Gasteiger partial charge in [-0.25, -0.2) is 0 Å². The number of carbonyl (C=O) groups excluding carboxylic acids is 1. The van der Waals surface area contributed by atoms with E-state index in [1.165, 1.54) is 22.3 Å². The molecule has 0 saturated carbocycles. The lowest BCUT2D eigenvalue weighted by atomic mass is 9.82. The Kier molecular flexibility index (Phi) is 4.16. The fourth-order valence-electron chi connectivity index (χ4n) is 3.71. The van der Waals surface area contributed by atoms with E-state index in [-0.39, 0.29) is 23.5 Å². The van der Waals surface area contributed by atoms with Gasteiger partial charge in [0.1, 0.15) is 0 Å². The van der Waals surface area contributed by atoms with E-state index in [1.54, 1.807) is 0 Å². The van der Waals surface area contributed by atoms with Crippen LogP contribution in [0.4, 0.5) is 0 Å². The number of nitrogens with two attached hydrogens (primary N) is 1. The third-order valence-electron chi connectivity index (χ3n) is 4.40. The van der Waals surface area contributed by atoms with Crippen molar-refractivity contribution < 1.29 is 4.79 Å². The van der Waals surface area contributed by atoms with E-state index in [4.69, 9.17) is 5.73 Å². The summed E-state index contributed by atoms with van der Waals surface area (Å²) in [6.07, 6.45) is 1.32. The van der Waals surface area contributed by atoms with Gasteiger partial charge >= 0.3 is 0 Å². The molecule has 2 unspecified atom stereocenters. The fraction of sp³-hybridized carbons (Fsp3) is 0.611. The molecule has 1 heterocycles. The molecule has 1 fully saturated rings. The summed E-state index contributed by atoms with van der Waals surface area (Å²) in [7, 11) is 0. The van der Waals surface area contributed by atoms with Crippen molar-refractivity contribution in [2.24, 2.45) is 5.73 Å². The number of benzene rings is 1. The van der Waals surface area contributed by atoms with Crippen LogP contribution in [0, 0.1) is 20.8 Å². The molecule has 1 aliphatic rings. The molecule has 0 radical (unpaired) electrons.